The van der Waals surface area contributed by atoms with Crippen LogP contribution < -0.4 is 5.56 Å². The van der Waals surface area contributed by atoms with Gasteiger partial charge in [-0.15, -0.1) is 0 Å². The van der Waals surface area contributed by atoms with Gasteiger partial charge in [-0.05, 0) is 26.2 Å². The van der Waals surface area contributed by atoms with Gasteiger partial charge in [-0.2, -0.15) is 0 Å². The molecule has 2 heterocycles. The summed E-state index contributed by atoms with van der Waals surface area (Å²) in [5.74, 6) is 1.09. The molecule has 2 aromatic rings. The number of aromatic nitrogens is 4. The minimum absolute atomic E-state index is 0.116. The molecule has 1 fully saturated rings. The van der Waals surface area contributed by atoms with E-state index in [-0.39, 0.29) is 17.3 Å². The third kappa shape index (κ3) is 3.89. The van der Waals surface area contributed by atoms with E-state index in [1.165, 1.54) is 24.6 Å². The van der Waals surface area contributed by atoms with Crippen molar-refractivity contribution >= 4 is 28.9 Å². The first-order valence-electron chi connectivity index (χ1n) is 8.92. The average Bonchev–Trinajstić information content (AvgIpc) is 3.25. The van der Waals surface area contributed by atoms with Gasteiger partial charge in [-0.25, -0.2) is 9.97 Å². The van der Waals surface area contributed by atoms with Gasteiger partial charge < -0.3 is 9.72 Å². The number of fused-ring (bicyclic) bond motifs is 1. The molecular weight excluding hydrogens is 340 g/mol. The molecule has 25 heavy (non-hydrogen) atoms. The number of imidazole rings is 1. The number of nitrogens with zero attached hydrogens (tertiary/aromatic N) is 3. The van der Waals surface area contributed by atoms with Crippen molar-refractivity contribution < 1.29 is 9.53 Å². The van der Waals surface area contributed by atoms with Crippen LogP contribution in [0.15, 0.2) is 9.95 Å². The van der Waals surface area contributed by atoms with Crippen LogP contribution in [0.25, 0.3) is 11.2 Å². The topological polar surface area (TPSA) is 89.9 Å². The summed E-state index contributed by atoms with van der Waals surface area (Å²) in [4.78, 5) is 36.8. The Morgan fingerprint density at radius 3 is 2.76 bits per heavy atom. The van der Waals surface area contributed by atoms with Gasteiger partial charge in [0.1, 0.15) is 5.82 Å². The lowest BCUT2D eigenvalue weighted by molar-refractivity contribution is -0.139. The highest BCUT2D eigenvalue weighted by atomic mass is 32.2. The summed E-state index contributed by atoms with van der Waals surface area (Å²) in [7, 11) is 0. The third-order valence-electron chi connectivity index (χ3n) is 4.41. The monoisotopic (exact) mass is 364 g/mol. The van der Waals surface area contributed by atoms with E-state index in [4.69, 9.17) is 4.74 Å². The first-order chi connectivity index (χ1) is 12.1. The molecule has 0 spiro atoms. The molecular formula is C17H24N4O3S. The van der Waals surface area contributed by atoms with Gasteiger partial charge in [0.05, 0.1) is 12.4 Å². The van der Waals surface area contributed by atoms with Crippen LogP contribution in [0.5, 0.6) is 0 Å². The van der Waals surface area contributed by atoms with Crippen molar-refractivity contribution in [2.24, 2.45) is 0 Å². The van der Waals surface area contributed by atoms with Crippen LogP contribution in [0, 0.1) is 0 Å². The van der Waals surface area contributed by atoms with Gasteiger partial charge in [-0.1, -0.05) is 31.5 Å². The predicted molar refractivity (Wildman–Crippen MR) is 97.0 cm³/mol. The molecule has 8 heteroatoms. The number of carbonyl (C=O) groups is 1. The van der Waals surface area contributed by atoms with E-state index in [2.05, 4.69) is 15.0 Å². The first-order valence-corrected chi connectivity index (χ1v) is 9.91. The number of H-pyrrole nitrogens is 1. The molecule has 0 radical (unpaired) electrons. The molecule has 0 aliphatic heterocycles. The van der Waals surface area contributed by atoms with E-state index >= 15 is 0 Å². The predicted octanol–water partition coefficient (Wildman–Crippen LogP) is 2.84. The van der Waals surface area contributed by atoms with E-state index in [1.54, 1.807) is 11.5 Å². The minimum Gasteiger partial charge on any atom is -0.465 e. The SMILES string of the molecule is CCCn1c(SCC(=O)OCC)nc2nc(C3CCCC3)[nH]c2c1=O. The summed E-state index contributed by atoms with van der Waals surface area (Å²) in [5.41, 5.74) is 0.802. The normalized spacial score (nSPS) is 15.1. The number of hydrogen-bond donors (Lipinski definition) is 1. The Morgan fingerprint density at radius 1 is 1.32 bits per heavy atom. The second-order valence-corrected chi connectivity index (χ2v) is 7.19. The lowest BCUT2D eigenvalue weighted by atomic mass is 10.1. The van der Waals surface area contributed by atoms with E-state index < -0.39 is 0 Å². The van der Waals surface area contributed by atoms with Crippen molar-refractivity contribution in [1.29, 1.82) is 0 Å². The fraction of sp³-hybridized carbons (Fsp3) is 0.647. The molecule has 0 atom stereocenters. The Hall–Kier alpha value is -1.83. The van der Waals surface area contributed by atoms with Crippen molar-refractivity contribution in [3.63, 3.8) is 0 Å². The summed E-state index contributed by atoms with van der Waals surface area (Å²) in [6, 6.07) is 0. The van der Waals surface area contributed by atoms with Crippen molar-refractivity contribution in [1.82, 2.24) is 19.5 Å². The van der Waals surface area contributed by atoms with Crippen molar-refractivity contribution in [3.05, 3.63) is 16.2 Å². The number of aromatic amines is 1. The highest BCUT2D eigenvalue weighted by Crippen LogP contribution is 2.33. The molecule has 0 bridgehead atoms. The molecule has 7 nitrogen and oxygen atoms in total. The number of esters is 1. The van der Waals surface area contributed by atoms with Crippen LogP contribution in [-0.4, -0.2) is 37.8 Å². The molecule has 1 aliphatic rings. The van der Waals surface area contributed by atoms with Gasteiger partial charge in [0, 0.05) is 12.5 Å². The largest absolute Gasteiger partial charge is 0.465 e. The number of rotatable bonds is 7. The lowest BCUT2D eigenvalue weighted by Gasteiger charge is -2.10. The highest BCUT2D eigenvalue weighted by Gasteiger charge is 2.23. The Labute approximate surface area is 150 Å². The Balaban J connectivity index is 1.95. The van der Waals surface area contributed by atoms with Crippen LogP contribution in [0.1, 0.15) is 57.7 Å². The number of thioether (sulfide) groups is 1. The number of ether oxygens (including phenoxy) is 1. The summed E-state index contributed by atoms with van der Waals surface area (Å²) < 4.78 is 6.58. The van der Waals surface area contributed by atoms with E-state index in [9.17, 15) is 9.59 Å². The van der Waals surface area contributed by atoms with Crippen LogP contribution in [0.3, 0.4) is 0 Å². The summed E-state index contributed by atoms with van der Waals surface area (Å²) in [6.45, 7) is 4.68. The van der Waals surface area contributed by atoms with E-state index in [0.717, 1.165) is 25.1 Å². The van der Waals surface area contributed by atoms with Gasteiger partial charge in [-0.3, -0.25) is 14.2 Å². The molecule has 0 aromatic carbocycles. The molecule has 1 N–H and O–H groups in total. The molecule has 1 aliphatic carbocycles. The fourth-order valence-corrected chi connectivity index (χ4v) is 4.05. The summed E-state index contributed by atoms with van der Waals surface area (Å²) in [6.07, 6.45) is 5.43. The standard InChI is InChI=1S/C17H24N4O3S/c1-3-9-21-16(23)13-15(19-14(18-13)11-7-5-6-8-11)20-17(21)25-10-12(22)24-4-2/h11H,3-10H2,1-2H3,(H,18,19). The maximum atomic E-state index is 12.9. The molecule has 3 rings (SSSR count). The lowest BCUT2D eigenvalue weighted by Crippen LogP contribution is -2.24. The molecule has 0 unspecified atom stereocenters. The average molecular weight is 364 g/mol. The molecule has 2 aromatic heterocycles. The van der Waals surface area contributed by atoms with Crippen molar-refractivity contribution in [2.45, 2.75) is 63.6 Å². The van der Waals surface area contributed by atoms with E-state index in [1.807, 2.05) is 6.92 Å². The van der Waals surface area contributed by atoms with Gasteiger partial charge in [0.15, 0.2) is 16.3 Å². The zero-order chi connectivity index (χ0) is 17.8. The van der Waals surface area contributed by atoms with Crippen LogP contribution >= 0.6 is 11.8 Å². The number of carbonyl (C=O) groups excluding carboxylic acids is 1. The Kier molecular flexibility index (Phi) is 5.78. The van der Waals surface area contributed by atoms with Crippen molar-refractivity contribution in [3.8, 4) is 0 Å². The van der Waals surface area contributed by atoms with Gasteiger partial charge >= 0.3 is 5.97 Å². The van der Waals surface area contributed by atoms with E-state index in [0.29, 0.717) is 35.4 Å². The van der Waals surface area contributed by atoms with Crippen molar-refractivity contribution in [2.75, 3.05) is 12.4 Å². The minimum atomic E-state index is -0.307. The number of hydrogen-bond acceptors (Lipinski definition) is 6. The van der Waals surface area contributed by atoms with Crippen LogP contribution in [0.4, 0.5) is 0 Å². The van der Waals surface area contributed by atoms with Gasteiger partial charge in [0.2, 0.25) is 0 Å². The number of nitrogens with one attached hydrogen (secondary N) is 1. The molecule has 1 saturated carbocycles. The summed E-state index contributed by atoms with van der Waals surface area (Å²) in [5, 5.41) is 0.525. The molecule has 0 amide bonds. The molecule has 0 saturated heterocycles. The molecule has 136 valence electrons. The zero-order valence-corrected chi connectivity index (χ0v) is 15.5. The third-order valence-corrected chi connectivity index (χ3v) is 5.36. The maximum absolute atomic E-state index is 12.9. The smallest absolute Gasteiger partial charge is 0.316 e. The second kappa shape index (κ2) is 8.03. The maximum Gasteiger partial charge on any atom is 0.316 e. The Morgan fingerprint density at radius 2 is 2.08 bits per heavy atom. The quantitative estimate of drug-likeness (QED) is 0.462. The van der Waals surface area contributed by atoms with Gasteiger partial charge in [0.25, 0.3) is 5.56 Å². The Bertz CT molecular complexity index is 808. The first kappa shape index (κ1) is 18.0. The van der Waals surface area contributed by atoms with Crippen LogP contribution in [-0.2, 0) is 16.1 Å². The summed E-state index contributed by atoms with van der Waals surface area (Å²) >= 11 is 1.23. The second-order valence-electron chi connectivity index (χ2n) is 6.25. The van der Waals surface area contributed by atoms with Crippen LogP contribution in [0.2, 0.25) is 0 Å². The fourth-order valence-electron chi connectivity index (χ4n) is 3.23. The zero-order valence-electron chi connectivity index (χ0n) is 14.7. The highest BCUT2D eigenvalue weighted by molar-refractivity contribution is 7.99.